The number of likely N-dealkylation sites (tertiary alicyclic amines) is 1. The number of piperidine rings is 1. The summed E-state index contributed by atoms with van der Waals surface area (Å²) in [7, 11) is 0. The Bertz CT molecular complexity index is 1130. The average molecular weight is 424 g/mol. The van der Waals surface area contributed by atoms with Gasteiger partial charge in [0, 0.05) is 44.5 Å². The van der Waals surface area contributed by atoms with Gasteiger partial charge in [0.2, 0.25) is 5.72 Å². The third kappa shape index (κ3) is 3.39. The summed E-state index contributed by atoms with van der Waals surface area (Å²) in [5, 5.41) is 7.51. The monoisotopic (exact) mass is 423 g/mol. The first kappa shape index (κ1) is 19.6. The molecule has 3 heterocycles. The zero-order valence-corrected chi connectivity index (χ0v) is 18.6. The number of ether oxygens (including phenoxy) is 1. The second kappa shape index (κ2) is 7.79. The highest BCUT2D eigenvalue weighted by atomic mass is 16.5. The zero-order valence-electron chi connectivity index (χ0n) is 18.6. The van der Waals surface area contributed by atoms with Crippen LogP contribution in [0.5, 0.6) is 5.75 Å². The molecule has 3 aliphatic rings. The standard InChI is InChI=1S/C28H29N3O/c1-21-11-13-23(14-12-21)25-19-26-24-9-5-6-10-27(24)32-28(31(26)29-25)15-17-30(18-16-28)20-22-7-3-2-4-8-22/h2-14,26H,15-20H2,1H3/t26-/m0/s1. The third-order valence-electron chi connectivity index (χ3n) is 7.18. The van der Waals surface area contributed by atoms with Crippen LogP contribution < -0.4 is 4.74 Å². The highest BCUT2D eigenvalue weighted by Gasteiger charge is 2.51. The minimum absolute atomic E-state index is 0.247. The second-order valence-corrected chi connectivity index (χ2v) is 9.33. The van der Waals surface area contributed by atoms with Crippen molar-refractivity contribution in [3.63, 3.8) is 0 Å². The van der Waals surface area contributed by atoms with Crippen molar-refractivity contribution in [2.24, 2.45) is 5.10 Å². The smallest absolute Gasteiger partial charge is 0.200 e. The molecule has 4 nitrogen and oxygen atoms in total. The van der Waals surface area contributed by atoms with E-state index in [0.29, 0.717) is 0 Å². The van der Waals surface area contributed by atoms with Gasteiger partial charge in [-0.2, -0.15) is 5.10 Å². The Morgan fingerprint density at radius 2 is 1.62 bits per heavy atom. The Balaban J connectivity index is 1.29. The molecule has 32 heavy (non-hydrogen) atoms. The number of para-hydroxylation sites is 1. The number of rotatable bonds is 3. The van der Waals surface area contributed by atoms with E-state index in [-0.39, 0.29) is 11.8 Å². The second-order valence-electron chi connectivity index (χ2n) is 9.33. The summed E-state index contributed by atoms with van der Waals surface area (Å²) >= 11 is 0. The maximum absolute atomic E-state index is 6.77. The van der Waals surface area contributed by atoms with E-state index in [1.54, 1.807) is 0 Å². The fourth-order valence-electron chi connectivity index (χ4n) is 5.38. The predicted molar refractivity (Wildman–Crippen MR) is 128 cm³/mol. The Hall–Kier alpha value is -3.11. The van der Waals surface area contributed by atoms with Gasteiger partial charge in [-0.3, -0.25) is 4.90 Å². The van der Waals surface area contributed by atoms with Crippen LogP contribution in [0, 0.1) is 6.92 Å². The third-order valence-corrected chi connectivity index (χ3v) is 7.18. The maximum atomic E-state index is 6.77. The quantitative estimate of drug-likeness (QED) is 0.554. The molecule has 0 radical (unpaired) electrons. The summed E-state index contributed by atoms with van der Waals surface area (Å²) in [6.07, 6.45) is 2.84. The highest BCUT2D eigenvalue weighted by Crippen LogP contribution is 2.49. The lowest BCUT2D eigenvalue weighted by atomic mass is 9.90. The van der Waals surface area contributed by atoms with Gasteiger partial charge in [-0.1, -0.05) is 78.4 Å². The highest BCUT2D eigenvalue weighted by molar-refractivity contribution is 6.02. The number of benzene rings is 3. The molecule has 162 valence electrons. The van der Waals surface area contributed by atoms with Crippen molar-refractivity contribution in [2.45, 2.75) is 44.5 Å². The number of hydrogen-bond acceptors (Lipinski definition) is 4. The first-order valence-corrected chi connectivity index (χ1v) is 11.7. The van der Waals surface area contributed by atoms with E-state index >= 15 is 0 Å². The molecule has 0 aromatic heterocycles. The molecule has 3 aromatic rings. The first-order chi connectivity index (χ1) is 15.7. The van der Waals surface area contributed by atoms with Crippen LogP contribution in [0.3, 0.4) is 0 Å². The van der Waals surface area contributed by atoms with Crippen LogP contribution in [-0.2, 0) is 6.54 Å². The Kier molecular flexibility index (Phi) is 4.76. The molecule has 0 unspecified atom stereocenters. The van der Waals surface area contributed by atoms with Gasteiger partial charge in [-0.25, -0.2) is 5.01 Å². The van der Waals surface area contributed by atoms with Crippen molar-refractivity contribution < 1.29 is 4.74 Å². The number of hydrazone groups is 1. The lowest BCUT2D eigenvalue weighted by Gasteiger charge is -2.51. The SMILES string of the molecule is Cc1ccc(C2=NN3[C@@H](C2)c2ccccc2OC32CCN(Cc3ccccc3)CC2)cc1. The van der Waals surface area contributed by atoms with E-state index in [1.807, 2.05) is 0 Å². The maximum Gasteiger partial charge on any atom is 0.200 e. The summed E-state index contributed by atoms with van der Waals surface area (Å²) in [6, 6.07) is 28.3. The van der Waals surface area contributed by atoms with E-state index < -0.39 is 0 Å². The minimum Gasteiger partial charge on any atom is -0.466 e. The van der Waals surface area contributed by atoms with E-state index in [2.05, 4.69) is 95.7 Å². The van der Waals surface area contributed by atoms with Crippen LogP contribution in [0.25, 0.3) is 0 Å². The summed E-state index contributed by atoms with van der Waals surface area (Å²) < 4.78 is 6.77. The number of aryl methyl sites for hydroxylation is 1. The van der Waals surface area contributed by atoms with Crippen molar-refractivity contribution in [3.05, 3.63) is 101 Å². The van der Waals surface area contributed by atoms with Crippen molar-refractivity contribution in [1.82, 2.24) is 9.91 Å². The molecule has 0 aliphatic carbocycles. The summed E-state index contributed by atoms with van der Waals surface area (Å²) in [4.78, 5) is 2.54. The van der Waals surface area contributed by atoms with E-state index in [9.17, 15) is 0 Å². The minimum atomic E-state index is -0.362. The molecule has 0 amide bonds. The molecular weight excluding hydrogens is 394 g/mol. The fraction of sp³-hybridized carbons (Fsp3) is 0.321. The Morgan fingerprint density at radius 3 is 2.41 bits per heavy atom. The van der Waals surface area contributed by atoms with E-state index in [4.69, 9.17) is 9.84 Å². The van der Waals surface area contributed by atoms with Gasteiger partial charge in [0.05, 0.1) is 11.8 Å². The fourth-order valence-corrected chi connectivity index (χ4v) is 5.38. The topological polar surface area (TPSA) is 28.1 Å². The zero-order chi connectivity index (χ0) is 21.5. The van der Waals surface area contributed by atoms with Crippen molar-refractivity contribution in [2.75, 3.05) is 13.1 Å². The summed E-state index contributed by atoms with van der Waals surface area (Å²) in [5.41, 5.74) is 5.94. The molecule has 1 atom stereocenters. The summed E-state index contributed by atoms with van der Waals surface area (Å²) in [5.74, 6) is 1.03. The molecule has 3 aromatic carbocycles. The largest absolute Gasteiger partial charge is 0.466 e. The molecule has 6 rings (SSSR count). The molecule has 1 saturated heterocycles. The number of nitrogens with zero attached hydrogens (tertiary/aromatic N) is 3. The van der Waals surface area contributed by atoms with Crippen LogP contribution >= 0.6 is 0 Å². The van der Waals surface area contributed by atoms with Crippen LogP contribution in [0.2, 0.25) is 0 Å². The van der Waals surface area contributed by atoms with Crippen molar-refractivity contribution in [3.8, 4) is 5.75 Å². The summed E-state index contributed by atoms with van der Waals surface area (Å²) in [6.45, 7) is 5.14. The Labute approximate surface area is 190 Å². The molecule has 0 saturated carbocycles. The van der Waals surface area contributed by atoms with Gasteiger partial charge < -0.3 is 4.74 Å². The molecular formula is C28H29N3O. The van der Waals surface area contributed by atoms with Gasteiger partial charge in [0.1, 0.15) is 5.75 Å². The van der Waals surface area contributed by atoms with Gasteiger partial charge in [0.25, 0.3) is 0 Å². The van der Waals surface area contributed by atoms with Gasteiger partial charge in [-0.05, 0) is 24.1 Å². The molecule has 1 spiro atoms. The van der Waals surface area contributed by atoms with Gasteiger partial charge >= 0.3 is 0 Å². The van der Waals surface area contributed by atoms with Crippen LogP contribution in [0.1, 0.15) is 47.6 Å². The molecule has 4 heteroatoms. The van der Waals surface area contributed by atoms with E-state index in [0.717, 1.165) is 44.6 Å². The normalized spacial score (nSPS) is 21.6. The van der Waals surface area contributed by atoms with Crippen LogP contribution in [0.15, 0.2) is 84.0 Å². The van der Waals surface area contributed by atoms with Gasteiger partial charge in [0.15, 0.2) is 0 Å². The molecule has 0 bridgehead atoms. The van der Waals surface area contributed by atoms with Gasteiger partial charge in [-0.15, -0.1) is 0 Å². The van der Waals surface area contributed by atoms with E-state index in [1.165, 1.54) is 28.0 Å². The van der Waals surface area contributed by atoms with Crippen molar-refractivity contribution >= 4 is 5.71 Å². The lowest BCUT2D eigenvalue weighted by Crippen LogP contribution is -2.59. The van der Waals surface area contributed by atoms with Crippen LogP contribution in [-0.4, -0.2) is 34.4 Å². The molecule has 1 fully saturated rings. The lowest BCUT2D eigenvalue weighted by molar-refractivity contribution is -0.150. The first-order valence-electron chi connectivity index (χ1n) is 11.7. The predicted octanol–water partition coefficient (Wildman–Crippen LogP) is 5.53. The molecule has 0 N–H and O–H groups in total. The molecule has 3 aliphatic heterocycles. The number of fused-ring (bicyclic) bond motifs is 4. The number of hydrogen-bond donors (Lipinski definition) is 0. The average Bonchev–Trinajstić information content (AvgIpc) is 3.29. The Morgan fingerprint density at radius 1 is 0.906 bits per heavy atom. The van der Waals surface area contributed by atoms with Crippen molar-refractivity contribution in [1.29, 1.82) is 0 Å². The van der Waals surface area contributed by atoms with Crippen LogP contribution in [0.4, 0.5) is 0 Å².